The second-order valence-corrected chi connectivity index (χ2v) is 2.79. The van der Waals surface area contributed by atoms with Crippen molar-refractivity contribution in [2.75, 3.05) is 0 Å². The first-order chi connectivity index (χ1) is 7.45. The molecular formula is C7H6N8. The zero-order valence-electron chi connectivity index (χ0n) is 7.47. The molecule has 0 saturated carbocycles. The zero-order valence-corrected chi connectivity index (χ0v) is 7.47. The highest BCUT2D eigenvalue weighted by atomic mass is 15.2. The van der Waals surface area contributed by atoms with Crippen LogP contribution < -0.4 is 0 Å². The lowest BCUT2D eigenvalue weighted by molar-refractivity contribution is 1.08. The van der Waals surface area contributed by atoms with E-state index in [1.54, 1.807) is 6.33 Å². The molecule has 3 rings (SSSR count). The van der Waals surface area contributed by atoms with E-state index in [1.165, 1.54) is 12.7 Å². The molecule has 0 atom stereocenters. The quantitative estimate of drug-likeness (QED) is 0.540. The summed E-state index contributed by atoms with van der Waals surface area (Å²) in [5.74, 6) is 1.20. The number of aromatic nitrogens is 8. The van der Waals surface area contributed by atoms with Crippen LogP contribution in [0.5, 0.6) is 0 Å². The van der Waals surface area contributed by atoms with E-state index in [-0.39, 0.29) is 0 Å². The van der Waals surface area contributed by atoms with Crippen LogP contribution in [0.3, 0.4) is 0 Å². The highest BCUT2D eigenvalue weighted by Crippen LogP contribution is 2.22. The average Bonchev–Trinajstić information content (AvgIpc) is 3.01. The third-order valence-electron chi connectivity index (χ3n) is 1.93. The molecule has 0 fully saturated rings. The molecule has 0 aromatic carbocycles. The van der Waals surface area contributed by atoms with Crippen molar-refractivity contribution in [1.82, 2.24) is 40.3 Å². The normalized spacial score (nSPS) is 10.7. The first-order valence-corrected chi connectivity index (χ1v) is 4.20. The van der Waals surface area contributed by atoms with Gasteiger partial charge in [0.25, 0.3) is 0 Å². The molecule has 8 nitrogen and oxygen atoms in total. The lowest BCUT2D eigenvalue weighted by Gasteiger charge is -1.93. The van der Waals surface area contributed by atoms with Crippen LogP contribution in [0.4, 0.5) is 0 Å². The van der Waals surface area contributed by atoms with Gasteiger partial charge in [-0.2, -0.15) is 10.2 Å². The number of nitrogens with zero attached hydrogens (tertiary/aromatic N) is 5. The van der Waals surface area contributed by atoms with Crippen LogP contribution >= 0.6 is 0 Å². The van der Waals surface area contributed by atoms with Crippen LogP contribution in [0.2, 0.25) is 0 Å². The molecule has 0 aliphatic heterocycles. The van der Waals surface area contributed by atoms with Crippen molar-refractivity contribution in [3.05, 3.63) is 19.0 Å². The van der Waals surface area contributed by atoms with E-state index in [1.807, 2.05) is 0 Å². The van der Waals surface area contributed by atoms with Crippen LogP contribution in [0.1, 0.15) is 0 Å². The largest absolute Gasteiger partial charge is 0.341 e. The molecule has 0 bridgehead atoms. The number of rotatable bonds is 2. The molecule has 0 spiro atoms. The molecule has 74 valence electrons. The first-order valence-electron chi connectivity index (χ1n) is 4.20. The van der Waals surface area contributed by atoms with Crippen molar-refractivity contribution in [3.8, 4) is 23.0 Å². The van der Waals surface area contributed by atoms with Crippen LogP contribution in [0.25, 0.3) is 23.0 Å². The van der Waals surface area contributed by atoms with Gasteiger partial charge in [0.15, 0.2) is 11.6 Å². The standard InChI is InChI=1S/C7H6N8/c1-8-4(6-10-2-12-14-6)5(9-1)7-11-3-13-15-7/h1-3H,(H,8,9)(H,10,12,14)(H,11,13,15). The van der Waals surface area contributed by atoms with Crippen LogP contribution in [-0.2, 0) is 0 Å². The third kappa shape index (κ3) is 1.19. The Labute approximate surface area is 83.2 Å². The van der Waals surface area contributed by atoms with Crippen LogP contribution in [0.15, 0.2) is 19.0 Å². The van der Waals surface area contributed by atoms with Gasteiger partial charge < -0.3 is 4.98 Å². The van der Waals surface area contributed by atoms with E-state index in [4.69, 9.17) is 0 Å². The zero-order chi connectivity index (χ0) is 10.1. The Balaban J connectivity index is 2.15. The molecule has 8 heteroatoms. The second-order valence-electron chi connectivity index (χ2n) is 2.79. The van der Waals surface area contributed by atoms with E-state index in [2.05, 4.69) is 40.3 Å². The van der Waals surface area contributed by atoms with Crippen LogP contribution in [-0.4, -0.2) is 40.3 Å². The molecule has 0 amide bonds. The molecule has 3 heterocycles. The summed E-state index contributed by atoms with van der Waals surface area (Å²) in [5, 5.41) is 13.0. The summed E-state index contributed by atoms with van der Waals surface area (Å²) in [4.78, 5) is 15.1. The summed E-state index contributed by atoms with van der Waals surface area (Å²) in [6, 6.07) is 0. The van der Waals surface area contributed by atoms with Crippen molar-refractivity contribution in [1.29, 1.82) is 0 Å². The number of hydrogen-bond donors (Lipinski definition) is 3. The molecule has 0 unspecified atom stereocenters. The van der Waals surface area contributed by atoms with Crippen molar-refractivity contribution in [2.24, 2.45) is 0 Å². The van der Waals surface area contributed by atoms with Crippen molar-refractivity contribution in [3.63, 3.8) is 0 Å². The monoisotopic (exact) mass is 202 g/mol. The van der Waals surface area contributed by atoms with Crippen molar-refractivity contribution in [2.45, 2.75) is 0 Å². The van der Waals surface area contributed by atoms with Gasteiger partial charge in [0.2, 0.25) is 0 Å². The van der Waals surface area contributed by atoms with Gasteiger partial charge in [-0.25, -0.2) is 15.0 Å². The molecule has 3 N–H and O–H groups in total. The van der Waals surface area contributed by atoms with Crippen LogP contribution in [0, 0.1) is 0 Å². The predicted molar refractivity (Wildman–Crippen MR) is 49.3 cm³/mol. The maximum Gasteiger partial charge on any atom is 0.176 e. The third-order valence-corrected chi connectivity index (χ3v) is 1.93. The van der Waals surface area contributed by atoms with E-state index in [0.29, 0.717) is 17.3 Å². The number of imidazole rings is 1. The summed E-state index contributed by atoms with van der Waals surface area (Å²) in [6.45, 7) is 0. The fourth-order valence-electron chi connectivity index (χ4n) is 1.30. The molecule has 0 saturated heterocycles. The van der Waals surface area contributed by atoms with E-state index < -0.39 is 0 Å². The van der Waals surface area contributed by atoms with Gasteiger partial charge in [0, 0.05) is 0 Å². The van der Waals surface area contributed by atoms with Crippen molar-refractivity contribution >= 4 is 0 Å². The number of nitrogens with one attached hydrogen (secondary N) is 3. The topological polar surface area (TPSA) is 112 Å². The average molecular weight is 202 g/mol. The van der Waals surface area contributed by atoms with E-state index in [0.717, 1.165) is 5.69 Å². The molecule has 15 heavy (non-hydrogen) atoms. The molecule has 0 aliphatic carbocycles. The fraction of sp³-hybridized carbons (Fsp3) is 0. The first kappa shape index (κ1) is 7.85. The minimum atomic E-state index is 0.586. The van der Waals surface area contributed by atoms with Gasteiger partial charge in [-0.1, -0.05) is 0 Å². The lowest BCUT2D eigenvalue weighted by Crippen LogP contribution is -1.87. The Kier molecular flexibility index (Phi) is 1.58. The minimum Gasteiger partial charge on any atom is -0.341 e. The number of aromatic amines is 3. The molecular weight excluding hydrogens is 196 g/mol. The van der Waals surface area contributed by atoms with Gasteiger partial charge in [-0.15, -0.1) is 0 Å². The maximum atomic E-state index is 4.14. The SMILES string of the molecule is c1n[nH]c(-c2nc[nH]c2-c2ncn[nH]2)n1. The van der Waals surface area contributed by atoms with Gasteiger partial charge in [0.1, 0.15) is 24.0 Å². The number of H-pyrrole nitrogens is 3. The molecule has 3 aromatic rings. The second kappa shape index (κ2) is 3.01. The summed E-state index contributed by atoms with van der Waals surface area (Å²) >= 11 is 0. The Morgan fingerprint density at radius 3 is 2.27 bits per heavy atom. The van der Waals surface area contributed by atoms with Gasteiger partial charge in [-0.3, -0.25) is 10.2 Å². The molecule has 0 radical (unpaired) electrons. The Morgan fingerprint density at radius 1 is 0.867 bits per heavy atom. The predicted octanol–water partition coefficient (Wildman–Crippen LogP) is -0.0201. The summed E-state index contributed by atoms with van der Waals surface area (Å²) in [6.07, 6.45) is 4.42. The highest BCUT2D eigenvalue weighted by Gasteiger charge is 2.14. The fourth-order valence-corrected chi connectivity index (χ4v) is 1.30. The summed E-state index contributed by atoms with van der Waals surface area (Å²) < 4.78 is 0. The van der Waals surface area contributed by atoms with Gasteiger partial charge in [0.05, 0.1) is 6.33 Å². The van der Waals surface area contributed by atoms with E-state index in [9.17, 15) is 0 Å². The minimum absolute atomic E-state index is 0.586. The summed E-state index contributed by atoms with van der Waals surface area (Å²) in [5.41, 5.74) is 1.38. The van der Waals surface area contributed by atoms with Gasteiger partial charge >= 0.3 is 0 Å². The molecule has 0 aliphatic rings. The van der Waals surface area contributed by atoms with E-state index >= 15 is 0 Å². The Bertz CT molecular complexity index is 485. The Morgan fingerprint density at radius 2 is 1.60 bits per heavy atom. The maximum absolute atomic E-state index is 4.14. The summed E-state index contributed by atoms with van der Waals surface area (Å²) in [7, 11) is 0. The van der Waals surface area contributed by atoms with Crippen molar-refractivity contribution < 1.29 is 0 Å². The van der Waals surface area contributed by atoms with Gasteiger partial charge in [-0.05, 0) is 0 Å². The molecule has 3 aromatic heterocycles. The smallest absolute Gasteiger partial charge is 0.176 e. The highest BCUT2D eigenvalue weighted by molar-refractivity contribution is 5.69. The lowest BCUT2D eigenvalue weighted by atomic mass is 10.3. The Hall–Kier alpha value is -2.51. The number of hydrogen-bond acceptors (Lipinski definition) is 5.